The fourth-order valence-corrected chi connectivity index (χ4v) is 6.45. The third-order valence-electron chi connectivity index (χ3n) is 7.11. The fraction of sp³-hybridized carbons (Fsp3) is 0.125. The number of hydrogen-bond donors (Lipinski definition) is 0. The van der Waals surface area contributed by atoms with Gasteiger partial charge in [-0.3, -0.25) is 0 Å². The smallest absolute Gasteiger partial charge is 0.149 e. The first-order valence-electron chi connectivity index (χ1n) is 12.9. The quantitative estimate of drug-likeness (QED) is 0.248. The molecular weight excluding hydrogens is 502 g/mol. The predicted octanol–water partition coefficient (Wildman–Crippen LogP) is 6.95. The van der Waals surface area contributed by atoms with Crippen molar-refractivity contribution >= 4 is 37.6 Å². The summed E-state index contributed by atoms with van der Waals surface area (Å²) in [6, 6.07) is 33.1. The van der Waals surface area contributed by atoms with E-state index in [0.717, 1.165) is 53.9 Å². The van der Waals surface area contributed by atoms with Crippen molar-refractivity contribution in [2.45, 2.75) is 0 Å². The number of pyridine rings is 1. The minimum Gasteiger partial charge on any atom is -0.378 e. The maximum Gasteiger partial charge on any atom is 0.149 e. The lowest BCUT2D eigenvalue weighted by atomic mass is 9.95. The molecule has 1 saturated heterocycles. The van der Waals surface area contributed by atoms with Crippen LogP contribution in [0, 0.1) is 11.3 Å². The molecule has 3 aromatic carbocycles. The Bertz CT molecular complexity index is 1840. The van der Waals surface area contributed by atoms with Gasteiger partial charge in [-0.25, -0.2) is 4.98 Å². The van der Waals surface area contributed by atoms with Crippen LogP contribution in [0.5, 0.6) is 0 Å². The van der Waals surface area contributed by atoms with Gasteiger partial charge in [0.05, 0.1) is 23.4 Å². The summed E-state index contributed by atoms with van der Waals surface area (Å²) < 4.78 is 6.57. The SMILES string of the molecule is N#Cc1c(N2CCOCC2)nc2c(sc3nnc(-c4ccccc4)c(-c4ccccc4)c32)c1-c1ccccc1. The molecule has 0 amide bonds. The third kappa shape index (κ3) is 4.02. The van der Waals surface area contributed by atoms with Crippen LogP contribution >= 0.6 is 11.3 Å². The maximum atomic E-state index is 10.5. The van der Waals surface area contributed by atoms with E-state index in [0.29, 0.717) is 37.7 Å². The van der Waals surface area contributed by atoms with Crippen molar-refractivity contribution in [3.05, 3.63) is 96.6 Å². The summed E-state index contributed by atoms with van der Waals surface area (Å²) in [5, 5.41) is 20.9. The van der Waals surface area contributed by atoms with Crippen LogP contribution < -0.4 is 4.90 Å². The minimum absolute atomic E-state index is 0.583. The number of aromatic nitrogens is 3. The highest BCUT2D eigenvalue weighted by Gasteiger charge is 2.27. The summed E-state index contributed by atoms with van der Waals surface area (Å²) in [4.78, 5) is 8.23. The molecule has 39 heavy (non-hydrogen) atoms. The lowest BCUT2D eigenvalue weighted by molar-refractivity contribution is 0.122. The number of fused-ring (bicyclic) bond motifs is 3. The van der Waals surface area contributed by atoms with E-state index < -0.39 is 0 Å². The Kier molecular flexibility index (Phi) is 5.97. The Hall–Kier alpha value is -4.64. The number of morpholine rings is 1. The van der Waals surface area contributed by atoms with E-state index in [2.05, 4.69) is 47.4 Å². The fourth-order valence-electron chi connectivity index (χ4n) is 5.31. The first-order chi connectivity index (χ1) is 19.3. The van der Waals surface area contributed by atoms with Gasteiger partial charge in [0.2, 0.25) is 0 Å². The number of ether oxygens (including phenoxy) is 1. The second-order valence-electron chi connectivity index (χ2n) is 9.38. The van der Waals surface area contributed by atoms with Gasteiger partial charge in [-0.05, 0) is 11.1 Å². The molecule has 7 rings (SSSR count). The summed E-state index contributed by atoms with van der Waals surface area (Å²) in [7, 11) is 0. The topological polar surface area (TPSA) is 74.9 Å². The number of anilines is 1. The Labute approximate surface area is 229 Å². The molecule has 6 aromatic rings. The van der Waals surface area contributed by atoms with Gasteiger partial charge in [0.25, 0.3) is 0 Å². The summed E-state index contributed by atoms with van der Waals surface area (Å²) in [6.07, 6.45) is 0. The van der Waals surface area contributed by atoms with Gasteiger partial charge in [-0.1, -0.05) is 91.0 Å². The summed E-state index contributed by atoms with van der Waals surface area (Å²) >= 11 is 1.55. The molecule has 0 unspecified atom stereocenters. The molecular formula is C32H23N5OS. The van der Waals surface area contributed by atoms with Gasteiger partial charge in [0, 0.05) is 35.2 Å². The van der Waals surface area contributed by atoms with E-state index in [-0.39, 0.29) is 0 Å². The number of nitrogens with zero attached hydrogens (tertiary/aromatic N) is 5. The predicted molar refractivity (Wildman–Crippen MR) is 157 cm³/mol. The summed E-state index contributed by atoms with van der Waals surface area (Å²) in [5.74, 6) is 0.698. The van der Waals surface area contributed by atoms with E-state index in [4.69, 9.17) is 19.9 Å². The van der Waals surface area contributed by atoms with Gasteiger partial charge in [0.15, 0.2) is 0 Å². The number of nitriles is 1. The maximum absolute atomic E-state index is 10.5. The van der Waals surface area contributed by atoms with Gasteiger partial charge < -0.3 is 9.64 Å². The Morgan fingerprint density at radius 1 is 0.744 bits per heavy atom. The van der Waals surface area contributed by atoms with Crippen LogP contribution in [0.15, 0.2) is 91.0 Å². The molecule has 188 valence electrons. The van der Waals surface area contributed by atoms with Crippen LogP contribution in [-0.4, -0.2) is 41.5 Å². The highest BCUT2D eigenvalue weighted by atomic mass is 32.1. The third-order valence-corrected chi connectivity index (χ3v) is 8.19. The monoisotopic (exact) mass is 525 g/mol. The molecule has 1 fully saturated rings. The second-order valence-corrected chi connectivity index (χ2v) is 10.4. The average Bonchev–Trinajstić information content (AvgIpc) is 3.39. The van der Waals surface area contributed by atoms with Crippen LogP contribution in [0.3, 0.4) is 0 Å². The van der Waals surface area contributed by atoms with Gasteiger partial charge >= 0.3 is 0 Å². The Balaban J connectivity index is 1.64. The van der Waals surface area contributed by atoms with Crippen molar-refractivity contribution in [3.63, 3.8) is 0 Å². The van der Waals surface area contributed by atoms with Crippen LogP contribution in [0.1, 0.15) is 5.56 Å². The van der Waals surface area contributed by atoms with E-state index in [9.17, 15) is 5.26 Å². The van der Waals surface area contributed by atoms with Crippen molar-refractivity contribution in [1.29, 1.82) is 5.26 Å². The molecule has 1 aliphatic heterocycles. The number of benzene rings is 3. The molecule has 6 nitrogen and oxygen atoms in total. The van der Waals surface area contributed by atoms with Crippen molar-refractivity contribution in [2.24, 2.45) is 0 Å². The number of hydrogen-bond acceptors (Lipinski definition) is 7. The molecule has 0 spiro atoms. The molecule has 0 N–H and O–H groups in total. The minimum atomic E-state index is 0.583. The van der Waals surface area contributed by atoms with Gasteiger partial charge in [0.1, 0.15) is 28.0 Å². The zero-order valence-corrected chi connectivity index (χ0v) is 21.9. The molecule has 4 heterocycles. The highest BCUT2D eigenvalue weighted by molar-refractivity contribution is 7.26. The van der Waals surface area contributed by atoms with Crippen molar-refractivity contribution in [3.8, 4) is 39.6 Å². The summed E-state index contributed by atoms with van der Waals surface area (Å²) in [5.41, 5.74) is 7.18. The molecule has 3 aromatic heterocycles. The number of rotatable bonds is 4. The lowest BCUT2D eigenvalue weighted by Gasteiger charge is -2.29. The van der Waals surface area contributed by atoms with E-state index in [1.165, 1.54) is 0 Å². The van der Waals surface area contributed by atoms with Crippen molar-refractivity contribution in [1.82, 2.24) is 15.2 Å². The zero-order chi connectivity index (χ0) is 26.2. The van der Waals surface area contributed by atoms with Crippen LogP contribution in [-0.2, 0) is 4.74 Å². The van der Waals surface area contributed by atoms with E-state index in [1.807, 2.05) is 54.6 Å². The first kappa shape index (κ1) is 23.5. The molecule has 1 aliphatic rings. The van der Waals surface area contributed by atoms with Crippen LogP contribution in [0.4, 0.5) is 5.82 Å². The number of thiophene rings is 1. The average molecular weight is 526 g/mol. The molecule has 0 aliphatic carbocycles. The van der Waals surface area contributed by atoms with Gasteiger partial charge in [-0.15, -0.1) is 21.5 Å². The van der Waals surface area contributed by atoms with E-state index in [1.54, 1.807) is 11.3 Å². The lowest BCUT2D eigenvalue weighted by Crippen LogP contribution is -2.37. The zero-order valence-electron chi connectivity index (χ0n) is 21.0. The summed E-state index contributed by atoms with van der Waals surface area (Å²) in [6.45, 7) is 2.58. The van der Waals surface area contributed by atoms with Crippen molar-refractivity contribution in [2.75, 3.05) is 31.2 Å². The Morgan fingerprint density at radius 2 is 1.33 bits per heavy atom. The van der Waals surface area contributed by atoms with Crippen LogP contribution in [0.2, 0.25) is 0 Å². The van der Waals surface area contributed by atoms with Crippen molar-refractivity contribution < 1.29 is 4.74 Å². The van der Waals surface area contributed by atoms with E-state index >= 15 is 0 Å². The Morgan fingerprint density at radius 3 is 1.95 bits per heavy atom. The normalized spacial score (nSPS) is 13.6. The molecule has 7 heteroatoms. The van der Waals surface area contributed by atoms with Crippen LogP contribution in [0.25, 0.3) is 53.9 Å². The molecule has 0 radical (unpaired) electrons. The highest BCUT2D eigenvalue weighted by Crippen LogP contribution is 2.47. The second kappa shape index (κ2) is 9.91. The standard InChI is InChI=1S/C32H23N5OS/c33-20-24-25(21-10-4-1-5-11-21)30-29(34-31(24)37-16-18-38-19-17-37)27-26(22-12-6-2-7-13-22)28(35-36-32(27)39-30)23-14-8-3-9-15-23/h1-15H,16-19H2. The van der Waals surface area contributed by atoms with Gasteiger partial charge in [-0.2, -0.15) is 5.26 Å². The largest absolute Gasteiger partial charge is 0.378 e. The molecule has 0 saturated carbocycles. The molecule has 0 atom stereocenters. The molecule has 0 bridgehead atoms. The first-order valence-corrected chi connectivity index (χ1v) is 13.7.